The van der Waals surface area contributed by atoms with Gasteiger partial charge in [0.15, 0.2) is 6.61 Å². The topological polar surface area (TPSA) is 65.1 Å². The predicted molar refractivity (Wildman–Crippen MR) is 94.5 cm³/mol. The molecule has 0 aromatic heterocycles. The number of carbonyl (C=O) groups excluding carboxylic acids is 2. The highest BCUT2D eigenvalue weighted by Gasteiger charge is 2.31. The highest BCUT2D eigenvalue weighted by molar-refractivity contribution is 6.05. The van der Waals surface area contributed by atoms with Gasteiger partial charge in [0.2, 0.25) is 0 Å². The van der Waals surface area contributed by atoms with Crippen molar-refractivity contribution in [3.05, 3.63) is 59.5 Å². The van der Waals surface area contributed by atoms with Crippen molar-refractivity contribution in [3.63, 3.8) is 0 Å². The quantitative estimate of drug-likeness (QED) is 0.710. The van der Waals surface area contributed by atoms with E-state index in [-0.39, 0.29) is 22.7 Å². The summed E-state index contributed by atoms with van der Waals surface area (Å²) in [4.78, 5) is 25.8. The molecule has 0 fully saturated rings. The van der Waals surface area contributed by atoms with Crippen molar-refractivity contribution < 1.29 is 37.0 Å². The molecule has 2 rings (SSSR count). The third-order valence-corrected chi connectivity index (χ3v) is 3.66. The predicted octanol–water partition coefficient (Wildman–Crippen LogP) is 3.43. The minimum Gasteiger partial charge on any atom is -0.482 e. The van der Waals surface area contributed by atoms with Crippen molar-refractivity contribution in [2.24, 2.45) is 0 Å². The van der Waals surface area contributed by atoms with Crippen LogP contribution in [0.1, 0.15) is 5.56 Å². The lowest BCUT2D eigenvalue weighted by molar-refractivity contribution is -0.153. The SMILES string of the molecule is COC(=O)C1=C(C(=O)OC)N(c2ccc(C)cc2OCC(F)(F)F)C=CC=C1. The molecule has 0 saturated heterocycles. The van der Waals surface area contributed by atoms with Crippen LogP contribution in [0, 0.1) is 6.92 Å². The summed E-state index contributed by atoms with van der Waals surface area (Å²) in [6, 6.07) is 4.52. The molecule has 1 aromatic carbocycles. The van der Waals surface area contributed by atoms with Crippen LogP contribution < -0.4 is 9.64 Å². The first-order valence-electron chi connectivity index (χ1n) is 8.03. The molecule has 0 amide bonds. The Morgan fingerprint density at radius 3 is 2.36 bits per heavy atom. The van der Waals surface area contributed by atoms with Gasteiger partial charge in [0.05, 0.1) is 25.5 Å². The van der Waals surface area contributed by atoms with E-state index in [9.17, 15) is 22.8 Å². The van der Waals surface area contributed by atoms with Crippen molar-refractivity contribution in [2.45, 2.75) is 13.1 Å². The number of hydrogen-bond acceptors (Lipinski definition) is 6. The first-order chi connectivity index (χ1) is 13.2. The van der Waals surface area contributed by atoms with Gasteiger partial charge in [-0.3, -0.25) is 0 Å². The Morgan fingerprint density at radius 1 is 1.07 bits per heavy atom. The van der Waals surface area contributed by atoms with E-state index in [1.54, 1.807) is 13.0 Å². The fourth-order valence-corrected chi connectivity index (χ4v) is 2.45. The summed E-state index contributed by atoms with van der Waals surface area (Å²) >= 11 is 0. The summed E-state index contributed by atoms with van der Waals surface area (Å²) in [5.74, 6) is -1.80. The Labute approximate surface area is 159 Å². The maximum absolute atomic E-state index is 12.6. The smallest absolute Gasteiger partial charge is 0.422 e. The monoisotopic (exact) mass is 397 g/mol. The minimum absolute atomic E-state index is 0.116. The van der Waals surface area contributed by atoms with Gasteiger partial charge >= 0.3 is 18.1 Å². The second-order valence-corrected chi connectivity index (χ2v) is 5.69. The van der Waals surface area contributed by atoms with Gasteiger partial charge in [0, 0.05) is 6.20 Å². The van der Waals surface area contributed by atoms with Crippen LogP contribution in [0.2, 0.25) is 0 Å². The van der Waals surface area contributed by atoms with Gasteiger partial charge in [-0.15, -0.1) is 0 Å². The van der Waals surface area contributed by atoms with Gasteiger partial charge in [-0.25, -0.2) is 9.59 Å². The van der Waals surface area contributed by atoms with Crippen molar-refractivity contribution >= 4 is 17.6 Å². The molecule has 0 spiro atoms. The molecule has 0 atom stereocenters. The number of nitrogens with zero attached hydrogens (tertiary/aromatic N) is 1. The Balaban J connectivity index is 2.63. The summed E-state index contributed by atoms with van der Waals surface area (Å²) in [6.07, 6.45) is 1.20. The number of allylic oxidation sites excluding steroid dienone is 2. The van der Waals surface area contributed by atoms with Gasteiger partial charge in [-0.1, -0.05) is 12.1 Å². The van der Waals surface area contributed by atoms with Gasteiger partial charge < -0.3 is 19.1 Å². The van der Waals surface area contributed by atoms with Crippen LogP contribution in [-0.4, -0.2) is 38.9 Å². The number of esters is 2. The molecule has 0 radical (unpaired) electrons. The second-order valence-electron chi connectivity index (χ2n) is 5.69. The largest absolute Gasteiger partial charge is 0.482 e. The van der Waals surface area contributed by atoms with Crippen LogP contribution in [-0.2, 0) is 19.1 Å². The molecular formula is C19H18F3NO5. The van der Waals surface area contributed by atoms with Crippen molar-refractivity contribution in [1.29, 1.82) is 0 Å². The summed E-state index contributed by atoms with van der Waals surface area (Å²) in [5, 5.41) is 0. The Kier molecular flexibility index (Phi) is 6.50. The number of ether oxygens (including phenoxy) is 3. The lowest BCUT2D eigenvalue weighted by Crippen LogP contribution is -2.28. The molecule has 9 heteroatoms. The van der Waals surface area contributed by atoms with Crippen LogP contribution in [0.5, 0.6) is 5.75 Å². The number of alkyl halides is 3. The van der Waals surface area contributed by atoms with E-state index in [1.165, 1.54) is 41.5 Å². The average molecular weight is 397 g/mol. The molecule has 6 nitrogen and oxygen atoms in total. The molecule has 1 aliphatic rings. The van der Waals surface area contributed by atoms with Crippen molar-refractivity contribution in [3.8, 4) is 5.75 Å². The van der Waals surface area contributed by atoms with Gasteiger partial charge in [-0.2, -0.15) is 13.2 Å². The molecule has 28 heavy (non-hydrogen) atoms. The first kappa shape index (κ1) is 21.1. The van der Waals surface area contributed by atoms with Crippen LogP contribution in [0.15, 0.2) is 53.9 Å². The second kappa shape index (κ2) is 8.64. The lowest BCUT2D eigenvalue weighted by Gasteiger charge is -2.25. The van der Waals surface area contributed by atoms with Crippen LogP contribution in [0.25, 0.3) is 0 Å². The minimum atomic E-state index is -4.55. The van der Waals surface area contributed by atoms with Crippen LogP contribution in [0.3, 0.4) is 0 Å². The third kappa shape index (κ3) is 4.93. The first-order valence-corrected chi connectivity index (χ1v) is 8.03. The molecule has 0 saturated carbocycles. The molecule has 1 aliphatic heterocycles. The zero-order valence-corrected chi connectivity index (χ0v) is 15.4. The highest BCUT2D eigenvalue weighted by atomic mass is 19.4. The number of rotatable bonds is 5. The molecule has 1 aromatic rings. The highest BCUT2D eigenvalue weighted by Crippen LogP contribution is 2.35. The van der Waals surface area contributed by atoms with E-state index >= 15 is 0 Å². The Hall–Kier alpha value is -3.23. The molecular weight excluding hydrogens is 379 g/mol. The van der Waals surface area contributed by atoms with E-state index in [0.29, 0.717) is 5.56 Å². The normalized spacial score (nSPS) is 14.0. The van der Waals surface area contributed by atoms with Gasteiger partial charge in [0.1, 0.15) is 11.4 Å². The van der Waals surface area contributed by atoms with Gasteiger partial charge in [0.25, 0.3) is 0 Å². The molecule has 150 valence electrons. The molecule has 1 heterocycles. The lowest BCUT2D eigenvalue weighted by atomic mass is 10.1. The number of aryl methyl sites for hydroxylation is 1. The Bertz CT molecular complexity index is 856. The number of methoxy groups -OCH3 is 2. The fourth-order valence-electron chi connectivity index (χ4n) is 2.45. The number of anilines is 1. The standard InChI is InChI=1S/C19H18F3NO5/c1-12-7-8-14(15(10-12)28-11-19(20,21)22)23-9-5-4-6-13(17(24)26-2)16(23)18(25)27-3/h4-10H,11H2,1-3H3. The Morgan fingerprint density at radius 2 is 1.75 bits per heavy atom. The van der Waals surface area contributed by atoms with Crippen LogP contribution >= 0.6 is 0 Å². The maximum atomic E-state index is 12.6. The fraction of sp³-hybridized carbons (Fsp3) is 0.263. The maximum Gasteiger partial charge on any atom is 0.422 e. The van der Waals surface area contributed by atoms with E-state index < -0.39 is 24.7 Å². The average Bonchev–Trinajstić information content (AvgIpc) is 2.87. The number of halogens is 3. The number of hydrogen-bond donors (Lipinski definition) is 0. The zero-order valence-electron chi connectivity index (χ0n) is 15.4. The van der Waals surface area contributed by atoms with E-state index in [2.05, 4.69) is 0 Å². The molecule has 0 unspecified atom stereocenters. The van der Waals surface area contributed by atoms with E-state index in [0.717, 1.165) is 14.2 Å². The number of benzene rings is 1. The molecule has 0 N–H and O–H groups in total. The van der Waals surface area contributed by atoms with Crippen LogP contribution in [0.4, 0.5) is 18.9 Å². The van der Waals surface area contributed by atoms with Gasteiger partial charge in [-0.05, 0) is 36.8 Å². The number of carbonyl (C=O) groups is 2. The van der Waals surface area contributed by atoms with E-state index in [1.807, 2.05) is 0 Å². The summed E-state index contributed by atoms with van der Waals surface area (Å²) in [6.45, 7) is 0.168. The van der Waals surface area contributed by atoms with Crippen molar-refractivity contribution in [1.82, 2.24) is 0 Å². The summed E-state index contributed by atoms with van der Waals surface area (Å²) in [7, 11) is 2.27. The third-order valence-electron chi connectivity index (χ3n) is 3.66. The molecule has 0 aliphatic carbocycles. The zero-order chi connectivity index (χ0) is 20.9. The van der Waals surface area contributed by atoms with Crippen molar-refractivity contribution in [2.75, 3.05) is 25.7 Å². The molecule has 0 bridgehead atoms. The van der Waals surface area contributed by atoms with E-state index in [4.69, 9.17) is 14.2 Å². The summed E-state index contributed by atoms with van der Waals surface area (Å²) < 4.78 is 52.4. The summed E-state index contributed by atoms with van der Waals surface area (Å²) in [5.41, 5.74) is 0.424.